The number of nitrogens with zero attached hydrogens (tertiary/aromatic N) is 1. The monoisotopic (exact) mass is 488 g/mol. The van der Waals surface area contributed by atoms with Crippen molar-refractivity contribution in [2.45, 2.75) is 13.3 Å². The SMILES string of the molecule is CC/C(=C(/c1ccc(/C=C/c2noc(=O)[nH]2)cc1)c1ccc(N)c(C=N)c1)c1ccc(F)cc1Cl. The molecule has 4 N–H and O–H groups in total. The van der Waals surface area contributed by atoms with E-state index < -0.39 is 11.6 Å². The Morgan fingerprint density at radius 2 is 1.86 bits per heavy atom. The van der Waals surface area contributed by atoms with Crippen molar-refractivity contribution >= 4 is 46.8 Å². The summed E-state index contributed by atoms with van der Waals surface area (Å²) in [5, 5.41) is 11.7. The lowest BCUT2D eigenvalue weighted by Crippen LogP contribution is -1.99. The van der Waals surface area contributed by atoms with Gasteiger partial charge in [0.1, 0.15) is 5.82 Å². The van der Waals surface area contributed by atoms with E-state index in [4.69, 9.17) is 22.7 Å². The predicted molar refractivity (Wildman–Crippen MR) is 139 cm³/mol. The van der Waals surface area contributed by atoms with Crippen LogP contribution >= 0.6 is 11.6 Å². The number of nitrogens with two attached hydrogens (primary N) is 1. The standard InChI is InChI=1S/C27H22ClFN4O2/c1-2-21(22-10-9-20(29)14-23(22)28)26(18-8-11-24(31)19(13-18)15-30)17-6-3-16(4-7-17)5-12-25-32-27(34)35-33-25/h3-15,30H,2,31H2,1H3,(H,32,33,34)/b12-5+,26-21+,30-15?. The van der Waals surface area contributed by atoms with Crippen LogP contribution in [0.1, 0.15) is 47.0 Å². The van der Waals surface area contributed by atoms with Gasteiger partial charge in [-0.25, -0.2) is 9.18 Å². The van der Waals surface area contributed by atoms with E-state index in [0.29, 0.717) is 28.5 Å². The highest BCUT2D eigenvalue weighted by atomic mass is 35.5. The summed E-state index contributed by atoms with van der Waals surface area (Å²) in [5.74, 6) is -0.701. The number of nitrogen functional groups attached to an aromatic ring is 1. The van der Waals surface area contributed by atoms with Crippen molar-refractivity contribution in [2.24, 2.45) is 0 Å². The molecule has 0 bridgehead atoms. The average Bonchev–Trinajstić information content (AvgIpc) is 3.28. The van der Waals surface area contributed by atoms with Crippen molar-refractivity contribution in [2.75, 3.05) is 5.73 Å². The zero-order chi connectivity index (χ0) is 24.9. The average molecular weight is 489 g/mol. The lowest BCUT2D eigenvalue weighted by molar-refractivity contribution is 0.385. The molecular formula is C27H22ClFN4O2. The first kappa shape index (κ1) is 23.9. The summed E-state index contributed by atoms with van der Waals surface area (Å²) in [5.41, 5.74) is 12.4. The zero-order valence-corrected chi connectivity index (χ0v) is 19.6. The number of hydrogen-bond acceptors (Lipinski definition) is 5. The van der Waals surface area contributed by atoms with Crippen molar-refractivity contribution < 1.29 is 8.91 Å². The molecule has 0 radical (unpaired) electrons. The van der Waals surface area contributed by atoms with Crippen LogP contribution in [0.25, 0.3) is 23.3 Å². The minimum Gasteiger partial charge on any atom is -0.398 e. The summed E-state index contributed by atoms with van der Waals surface area (Å²) in [4.78, 5) is 13.6. The van der Waals surface area contributed by atoms with Gasteiger partial charge in [-0.3, -0.25) is 9.51 Å². The second-order valence-electron chi connectivity index (χ2n) is 7.75. The molecule has 0 aliphatic carbocycles. The third kappa shape index (κ3) is 5.31. The van der Waals surface area contributed by atoms with E-state index >= 15 is 0 Å². The third-order valence-electron chi connectivity index (χ3n) is 5.53. The number of benzene rings is 3. The van der Waals surface area contributed by atoms with Crippen LogP contribution in [0, 0.1) is 11.2 Å². The predicted octanol–water partition coefficient (Wildman–Crippen LogP) is 6.27. The fourth-order valence-corrected chi connectivity index (χ4v) is 4.14. The molecule has 4 aromatic rings. The molecule has 35 heavy (non-hydrogen) atoms. The van der Waals surface area contributed by atoms with Crippen molar-refractivity contribution in [3.8, 4) is 0 Å². The summed E-state index contributed by atoms with van der Waals surface area (Å²) in [6.45, 7) is 2.01. The van der Waals surface area contributed by atoms with Crippen molar-refractivity contribution in [1.29, 1.82) is 5.41 Å². The molecule has 176 valence electrons. The second kappa shape index (κ2) is 10.4. The summed E-state index contributed by atoms with van der Waals surface area (Å²) in [6.07, 6.45) is 5.29. The molecule has 0 atom stereocenters. The first-order chi connectivity index (χ1) is 16.9. The minimum atomic E-state index is -0.617. The quantitative estimate of drug-likeness (QED) is 0.162. The van der Waals surface area contributed by atoms with Gasteiger partial charge in [-0.05, 0) is 70.2 Å². The van der Waals surface area contributed by atoms with E-state index in [9.17, 15) is 9.18 Å². The van der Waals surface area contributed by atoms with E-state index in [0.717, 1.165) is 33.4 Å². The summed E-state index contributed by atoms with van der Waals surface area (Å²) in [7, 11) is 0. The summed E-state index contributed by atoms with van der Waals surface area (Å²) in [6, 6.07) is 17.7. The molecule has 1 heterocycles. The molecule has 1 aromatic heterocycles. The third-order valence-corrected chi connectivity index (χ3v) is 5.85. The first-order valence-electron chi connectivity index (χ1n) is 10.8. The molecule has 3 aromatic carbocycles. The lowest BCUT2D eigenvalue weighted by Gasteiger charge is -2.18. The number of halogens is 2. The molecular weight excluding hydrogens is 467 g/mol. The van der Waals surface area contributed by atoms with Gasteiger partial charge in [-0.2, -0.15) is 0 Å². The minimum absolute atomic E-state index is 0.319. The largest absolute Gasteiger partial charge is 0.439 e. The van der Waals surface area contributed by atoms with E-state index in [2.05, 4.69) is 14.7 Å². The van der Waals surface area contributed by atoms with Gasteiger partial charge in [0.2, 0.25) is 0 Å². The number of anilines is 1. The van der Waals surface area contributed by atoms with Crippen LogP contribution in [0.4, 0.5) is 10.1 Å². The summed E-state index contributed by atoms with van der Waals surface area (Å²) >= 11 is 6.45. The van der Waals surface area contributed by atoms with Crippen LogP contribution in [0.3, 0.4) is 0 Å². The highest BCUT2D eigenvalue weighted by Crippen LogP contribution is 2.38. The first-order valence-corrected chi connectivity index (χ1v) is 11.2. The molecule has 0 aliphatic rings. The van der Waals surface area contributed by atoms with E-state index in [1.807, 2.05) is 43.3 Å². The maximum absolute atomic E-state index is 13.8. The Morgan fingerprint density at radius 1 is 1.11 bits per heavy atom. The Morgan fingerprint density at radius 3 is 2.49 bits per heavy atom. The number of aromatic amines is 1. The van der Waals surface area contributed by atoms with Gasteiger partial charge in [0.15, 0.2) is 5.82 Å². The Balaban J connectivity index is 1.86. The van der Waals surface area contributed by atoms with Gasteiger partial charge in [0.05, 0.1) is 5.02 Å². The van der Waals surface area contributed by atoms with Gasteiger partial charge < -0.3 is 11.1 Å². The molecule has 0 saturated heterocycles. The normalized spacial score (nSPS) is 12.1. The van der Waals surface area contributed by atoms with Crippen LogP contribution in [0.15, 0.2) is 70.0 Å². The van der Waals surface area contributed by atoms with Crippen molar-refractivity contribution in [3.63, 3.8) is 0 Å². The number of hydrogen-bond donors (Lipinski definition) is 3. The molecule has 0 fully saturated rings. The maximum atomic E-state index is 13.8. The molecule has 8 heteroatoms. The second-order valence-corrected chi connectivity index (χ2v) is 8.16. The molecule has 0 amide bonds. The van der Waals surface area contributed by atoms with Crippen LogP contribution in [-0.4, -0.2) is 16.4 Å². The van der Waals surface area contributed by atoms with E-state index in [-0.39, 0.29) is 0 Å². The number of aromatic nitrogens is 2. The Kier molecular flexibility index (Phi) is 7.08. The molecule has 0 spiro atoms. The lowest BCUT2D eigenvalue weighted by atomic mass is 9.87. The summed E-state index contributed by atoms with van der Waals surface area (Å²) < 4.78 is 18.3. The zero-order valence-electron chi connectivity index (χ0n) is 18.8. The van der Waals surface area contributed by atoms with Gasteiger partial charge in [-0.1, -0.05) is 66.2 Å². The van der Waals surface area contributed by atoms with Crippen LogP contribution < -0.4 is 11.5 Å². The fraction of sp³-hybridized carbons (Fsp3) is 0.0741. The Labute approximate surface area is 206 Å². The molecule has 0 aliphatic heterocycles. The maximum Gasteiger partial charge on any atom is 0.439 e. The van der Waals surface area contributed by atoms with Gasteiger partial charge in [0, 0.05) is 17.5 Å². The van der Waals surface area contributed by atoms with Crippen LogP contribution in [0.5, 0.6) is 0 Å². The van der Waals surface area contributed by atoms with Gasteiger partial charge in [0.25, 0.3) is 0 Å². The number of allylic oxidation sites excluding steroid dienone is 1. The molecule has 0 saturated carbocycles. The number of rotatable bonds is 7. The molecule has 4 rings (SSSR count). The van der Waals surface area contributed by atoms with Crippen molar-refractivity contribution in [1.82, 2.24) is 10.1 Å². The fourth-order valence-electron chi connectivity index (χ4n) is 3.86. The Hall–Kier alpha value is -4.23. The molecule has 0 unspecified atom stereocenters. The highest BCUT2D eigenvalue weighted by Gasteiger charge is 2.16. The smallest absolute Gasteiger partial charge is 0.398 e. The van der Waals surface area contributed by atoms with Crippen molar-refractivity contribution in [3.05, 3.63) is 116 Å². The van der Waals surface area contributed by atoms with Gasteiger partial charge >= 0.3 is 5.76 Å². The highest BCUT2D eigenvalue weighted by molar-refractivity contribution is 6.32. The van der Waals surface area contributed by atoms with E-state index in [1.165, 1.54) is 18.3 Å². The molecule has 6 nitrogen and oxygen atoms in total. The van der Waals surface area contributed by atoms with E-state index in [1.54, 1.807) is 24.3 Å². The van der Waals surface area contributed by atoms with Gasteiger partial charge in [-0.15, -0.1) is 0 Å². The number of H-pyrrole nitrogens is 1. The Bertz CT molecular complexity index is 1500. The van der Waals surface area contributed by atoms with Crippen LogP contribution in [0.2, 0.25) is 5.02 Å². The number of nitrogens with one attached hydrogen (secondary N) is 2. The van der Waals surface area contributed by atoms with Crippen LogP contribution in [-0.2, 0) is 0 Å². The topological polar surface area (TPSA) is 109 Å².